The molecule has 3 heterocycles. The molecule has 1 aromatic heterocycles. The molecule has 3 unspecified atom stereocenters. The Morgan fingerprint density at radius 3 is 2.48 bits per heavy atom. The van der Waals surface area contributed by atoms with Gasteiger partial charge in [-0.15, -0.1) is 0 Å². The zero-order chi connectivity index (χ0) is 18.6. The van der Waals surface area contributed by atoms with Gasteiger partial charge in [-0.05, 0) is 31.7 Å². The van der Waals surface area contributed by atoms with Crippen molar-refractivity contribution in [3.63, 3.8) is 0 Å². The molecule has 0 saturated carbocycles. The molecule has 2 fully saturated rings. The monoisotopic (exact) mass is 391 g/mol. The molecule has 0 spiro atoms. The maximum Gasteiger partial charge on any atom is 0.414 e. The fourth-order valence-electron chi connectivity index (χ4n) is 3.32. The van der Waals surface area contributed by atoms with E-state index in [4.69, 9.17) is 19.8 Å². The van der Waals surface area contributed by atoms with Crippen LogP contribution in [-0.2, 0) is 19.4 Å². The van der Waals surface area contributed by atoms with E-state index in [1.54, 1.807) is 0 Å². The van der Waals surface area contributed by atoms with Crippen LogP contribution in [0.2, 0.25) is 0 Å². The maximum absolute atomic E-state index is 12.3. The number of hydrogen-bond donors (Lipinski definition) is 2. The third-order valence-electron chi connectivity index (χ3n) is 4.35. The Morgan fingerprint density at radius 2 is 1.92 bits per heavy atom. The fraction of sp³-hybridized carbons (Fsp3) is 0.714. The molecular weight excluding hydrogens is 370 g/mol. The highest BCUT2D eigenvalue weighted by Gasteiger charge is 2.40. The van der Waals surface area contributed by atoms with Gasteiger partial charge in [0.05, 0.1) is 23.2 Å². The first-order chi connectivity index (χ1) is 11.8. The Balaban J connectivity index is 0.000000326. The van der Waals surface area contributed by atoms with Crippen LogP contribution in [0.25, 0.3) is 0 Å². The number of piperidine rings is 1. The Kier molecular flexibility index (Phi) is 6.47. The van der Waals surface area contributed by atoms with Gasteiger partial charge in [-0.2, -0.15) is 8.75 Å². The molecule has 0 aliphatic carbocycles. The second-order valence-electron chi connectivity index (χ2n) is 6.15. The van der Waals surface area contributed by atoms with Gasteiger partial charge in [-0.1, -0.05) is 6.92 Å². The van der Waals surface area contributed by atoms with Gasteiger partial charge in [0.2, 0.25) is 0 Å². The van der Waals surface area contributed by atoms with Crippen molar-refractivity contribution < 1.29 is 28.2 Å². The average Bonchev–Trinajstić information content (AvgIpc) is 3.13. The quantitative estimate of drug-likeness (QED) is 0.710. The first-order valence-electron chi connectivity index (χ1n) is 8.00. The van der Waals surface area contributed by atoms with Crippen LogP contribution in [0.5, 0.6) is 0 Å². The summed E-state index contributed by atoms with van der Waals surface area (Å²) in [7, 11) is -3.25. The van der Waals surface area contributed by atoms with Gasteiger partial charge < -0.3 is 15.1 Å². The van der Waals surface area contributed by atoms with E-state index in [2.05, 4.69) is 13.6 Å². The number of rotatable bonds is 4. The molecule has 1 aromatic rings. The standard InChI is InChI=1S/C12H19N3O2S2.C2H2O4/c1-2-6-19(16,17)12-11(13-18-14-12)10-8-15-5-3-4-9(10)7-15;3-1(4)2(5)6/h9-10H,2-8H2,1H3;(H,3,4)(H,5,6). The normalized spacial score (nSPS) is 25.1. The molecule has 2 bridgehead atoms. The second-order valence-corrected chi connectivity index (χ2v) is 8.71. The van der Waals surface area contributed by atoms with E-state index >= 15 is 0 Å². The Labute approximate surface area is 149 Å². The van der Waals surface area contributed by atoms with Crippen LogP contribution in [-0.4, -0.2) is 69.6 Å². The summed E-state index contributed by atoms with van der Waals surface area (Å²) in [5.74, 6) is -2.65. The van der Waals surface area contributed by atoms with E-state index in [1.165, 1.54) is 12.8 Å². The van der Waals surface area contributed by atoms with E-state index < -0.39 is 21.8 Å². The number of hydrogen-bond acceptors (Lipinski definition) is 8. The number of carbonyl (C=O) groups is 2. The number of aliphatic carboxylic acids is 2. The third kappa shape index (κ3) is 4.73. The molecule has 11 heteroatoms. The smallest absolute Gasteiger partial charge is 0.414 e. The molecule has 3 rings (SSSR count). The van der Waals surface area contributed by atoms with Crippen LogP contribution in [0.15, 0.2) is 5.03 Å². The van der Waals surface area contributed by atoms with E-state index in [1.807, 2.05) is 6.92 Å². The van der Waals surface area contributed by atoms with Gasteiger partial charge in [-0.25, -0.2) is 18.0 Å². The van der Waals surface area contributed by atoms with Gasteiger partial charge in [-0.3, -0.25) is 0 Å². The Bertz CT molecular complexity index is 721. The van der Waals surface area contributed by atoms with E-state index in [-0.39, 0.29) is 16.7 Å². The van der Waals surface area contributed by atoms with Crippen molar-refractivity contribution in [2.45, 2.75) is 37.1 Å². The van der Waals surface area contributed by atoms with Gasteiger partial charge in [0.15, 0.2) is 14.9 Å². The Hall–Kier alpha value is -1.59. The maximum atomic E-state index is 12.3. The van der Waals surface area contributed by atoms with Gasteiger partial charge >= 0.3 is 11.9 Å². The topological polar surface area (TPSA) is 138 Å². The minimum Gasteiger partial charge on any atom is -0.473 e. The lowest BCUT2D eigenvalue weighted by Gasteiger charge is -2.21. The molecule has 0 aromatic carbocycles. The average molecular weight is 391 g/mol. The molecule has 2 N–H and O–H groups in total. The fourth-order valence-corrected chi connectivity index (χ4v) is 5.69. The number of sulfone groups is 1. The molecule has 0 radical (unpaired) electrons. The number of aromatic nitrogens is 2. The zero-order valence-corrected chi connectivity index (χ0v) is 15.4. The second kappa shape index (κ2) is 8.19. The lowest BCUT2D eigenvalue weighted by Crippen LogP contribution is -2.25. The molecule has 140 valence electrons. The molecule has 2 aliphatic heterocycles. The van der Waals surface area contributed by atoms with Crippen molar-refractivity contribution in [3.8, 4) is 0 Å². The van der Waals surface area contributed by atoms with Gasteiger partial charge in [0.25, 0.3) is 0 Å². The van der Waals surface area contributed by atoms with Crippen molar-refractivity contribution in [2.75, 3.05) is 25.4 Å². The summed E-state index contributed by atoms with van der Waals surface area (Å²) >= 11 is 1.04. The summed E-state index contributed by atoms with van der Waals surface area (Å²) < 4.78 is 32.9. The molecule has 2 aliphatic rings. The summed E-state index contributed by atoms with van der Waals surface area (Å²) in [6, 6.07) is 0. The summed E-state index contributed by atoms with van der Waals surface area (Å²) in [5.41, 5.74) is 0.743. The highest BCUT2D eigenvalue weighted by molar-refractivity contribution is 7.91. The Morgan fingerprint density at radius 1 is 1.24 bits per heavy atom. The summed E-state index contributed by atoms with van der Waals surface area (Å²) in [5, 5.41) is 15.0. The predicted octanol–water partition coefficient (Wildman–Crippen LogP) is 0.687. The van der Waals surface area contributed by atoms with Crippen molar-refractivity contribution in [3.05, 3.63) is 5.69 Å². The highest BCUT2D eigenvalue weighted by Crippen LogP contribution is 2.40. The number of fused-ring (bicyclic) bond motifs is 2. The van der Waals surface area contributed by atoms with E-state index in [0.717, 1.165) is 37.1 Å². The lowest BCUT2D eigenvalue weighted by atomic mass is 9.89. The molecular formula is C14H21N3O6S2. The largest absolute Gasteiger partial charge is 0.473 e. The number of carboxylic acid groups (broad SMARTS) is 2. The minimum absolute atomic E-state index is 0.173. The van der Waals surface area contributed by atoms with Crippen molar-refractivity contribution in [1.29, 1.82) is 0 Å². The first kappa shape index (κ1) is 19.7. The molecule has 0 amide bonds. The molecule has 9 nitrogen and oxygen atoms in total. The third-order valence-corrected chi connectivity index (χ3v) is 6.84. The lowest BCUT2D eigenvalue weighted by molar-refractivity contribution is -0.159. The van der Waals surface area contributed by atoms with Crippen LogP contribution in [0.4, 0.5) is 0 Å². The van der Waals surface area contributed by atoms with Crippen molar-refractivity contribution in [1.82, 2.24) is 13.6 Å². The van der Waals surface area contributed by atoms with E-state index in [9.17, 15) is 8.42 Å². The predicted molar refractivity (Wildman–Crippen MR) is 89.4 cm³/mol. The molecule has 25 heavy (non-hydrogen) atoms. The van der Waals surface area contributed by atoms with Crippen molar-refractivity contribution in [2.24, 2.45) is 5.92 Å². The van der Waals surface area contributed by atoms with Crippen LogP contribution in [0, 0.1) is 5.92 Å². The summed E-state index contributed by atoms with van der Waals surface area (Å²) in [6.07, 6.45) is 3.03. The van der Waals surface area contributed by atoms with Gasteiger partial charge in [0.1, 0.15) is 0 Å². The SMILES string of the molecule is CCCS(=O)(=O)c1nsnc1C1CN2CCCC1C2.O=C(O)C(=O)O. The molecule has 2 saturated heterocycles. The number of nitrogens with zero attached hydrogens (tertiary/aromatic N) is 3. The minimum atomic E-state index is -3.25. The van der Waals surface area contributed by atoms with Gasteiger partial charge in [0, 0.05) is 19.0 Å². The molecule has 3 atom stereocenters. The van der Waals surface area contributed by atoms with Crippen LogP contribution in [0.1, 0.15) is 37.8 Å². The van der Waals surface area contributed by atoms with Crippen molar-refractivity contribution >= 4 is 33.5 Å². The zero-order valence-electron chi connectivity index (χ0n) is 13.8. The number of carboxylic acids is 2. The first-order valence-corrected chi connectivity index (χ1v) is 10.4. The highest BCUT2D eigenvalue weighted by atomic mass is 32.2. The van der Waals surface area contributed by atoms with Crippen LogP contribution in [0.3, 0.4) is 0 Å². The van der Waals surface area contributed by atoms with Crippen LogP contribution >= 0.6 is 11.7 Å². The summed E-state index contributed by atoms with van der Waals surface area (Å²) in [6.45, 7) is 5.06. The van der Waals surface area contributed by atoms with Crippen LogP contribution < -0.4 is 0 Å². The summed E-state index contributed by atoms with van der Waals surface area (Å²) in [4.78, 5) is 20.6. The van der Waals surface area contributed by atoms with E-state index in [0.29, 0.717) is 12.3 Å².